The molecule has 0 radical (unpaired) electrons. The van der Waals surface area contributed by atoms with Gasteiger partial charge in [0.25, 0.3) is 0 Å². The number of rotatable bonds is 6. The first kappa shape index (κ1) is 18.0. The number of carboxylic acids is 1. The summed E-state index contributed by atoms with van der Waals surface area (Å²) in [7, 11) is 0. The number of carboxylic acid groups (broad SMARTS) is 1. The molecule has 0 bridgehead atoms. The fourth-order valence-corrected chi connectivity index (χ4v) is 2.89. The van der Waals surface area contributed by atoms with Crippen molar-refractivity contribution in [2.24, 2.45) is 5.41 Å². The summed E-state index contributed by atoms with van der Waals surface area (Å²) in [5, 5.41) is 18.7. The van der Waals surface area contributed by atoms with Crippen LogP contribution in [0.15, 0.2) is 18.2 Å². The SMILES string of the molecule is CC(Oc1ccc(CN2CCC(C)(CO)CC2)cc1Cl)C(=O)O. The Morgan fingerprint density at radius 1 is 1.43 bits per heavy atom. The first-order valence-corrected chi connectivity index (χ1v) is 8.22. The van der Waals surface area contributed by atoms with E-state index in [-0.39, 0.29) is 12.0 Å². The average Bonchev–Trinajstić information content (AvgIpc) is 2.52. The first-order chi connectivity index (χ1) is 10.8. The monoisotopic (exact) mass is 341 g/mol. The zero-order valence-electron chi connectivity index (χ0n) is 13.6. The van der Waals surface area contributed by atoms with E-state index in [9.17, 15) is 9.90 Å². The molecule has 0 amide bonds. The number of aliphatic hydroxyl groups excluding tert-OH is 1. The lowest BCUT2D eigenvalue weighted by Crippen LogP contribution is -2.39. The Balaban J connectivity index is 1.95. The highest BCUT2D eigenvalue weighted by atomic mass is 35.5. The lowest BCUT2D eigenvalue weighted by atomic mass is 9.81. The summed E-state index contributed by atoms with van der Waals surface area (Å²) in [5.74, 6) is -0.637. The number of benzene rings is 1. The number of likely N-dealkylation sites (tertiary alicyclic amines) is 1. The maximum atomic E-state index is 10.8. The van der Waals surface area contributed by atoms with Gasteiger partial charge in [0, 0.05) is 13.2 Å². The van der Waals surface area contributed by atoms with Gasteiger partial charge in [-0.15, -0.1) is 0 Å². The molecule has 1 aliphatic rings. The predicted molar refractivity (Wildman–Crippen MR) is 88.9 cm³/mol. The molecule has 1 saturated heterocycles. The Bertz CT molecular complexity index is 556. The molecule has 1 heterocycles. The van der Waals surface area contributed by atoms with Gasteiger partial charge in [0.05, 0.1) is 5.02 Å². The molecule has 1 aliphatic heterocycles. The Morgan fingerprint density at radius 2 is 2.09 bits per heavy atom. The van der Waals surface area contributed by atoms with Crippen molar-refractivity contribution >= 4 is 17.6 Å². The molecule has 1 aromatic rings. The van der Waals surface area contributed by atoms with E-state index in [1.165, 1.54) is 6.92 Å². The number of ether oxygens (including phenoxy) is 1. The van der Waals surface area contributed by atoms with E-state index in [0.29, 0.717) is 10.8 Å². The van der Waals surface area contributed by atoms with Gasteiger partial charge in [0.1, 0.15) is 5.75 Å². The third kappa shape index (κ3) is 4.83. The van der Waals surface area contributed by atoms with Gasteiger partial charge >= 0.3 is 5.97 Å². The highest BCUT2D eigenvalue weighted by Crippen LogP contribution is 2.32. The highest BCUT2D eigenvalue weighted by molar-refractivity contribution is 6.32. The van der Waals surface area contributed by atoms with Crippen molar-refractivity contribution in [2.45, 2.75) is 39.3 Å². The minimum absolute atomic E-state index is 0.0405. The van der Waals surface area contributed by atoms with Crippen LogP contribution in [0.1, 0.15) is 32.3 Å². The average molecular weight is 342 g/mol. The number of hydrogen-bond acceptors (Lipinski definition) is 4. The van der Waals surface area contributed by atoms with Crippen LogP contribution in [-0.4, -0.2) is 46.9 Å². The molecule has 0 aromatic heterocycles. The van der Waals surface area contributed by atoms with Crippen LogP contribution < -0.4 is 4.74 Å². The summed E-state index contributed by atoms with van der Waals surface area (Å²) >= 11 is 6.19. The molecule has 2 N–H and O–H groups in total. The van der Waals surface area contributed by atoms with Crippen LogP contribution in [0.4, 0.5) is 0 Å². The van der Waals surface area contributed by atoms with Crippen LogP contribution in [0.3, 0.4) is 0 Å². The van der Waals surface area contributed by atoms with Crippen molar-refractivity contribution in [2.75, 3.05) is 19.7 Å². The van der Waals surface area contributed by atoms with Crippen LogP contribution in [0.25, 0.3) is 0 Å². The predicted octanol–water partition coefficient (Wildman–Crippen LogP) is 2.79. The van der Waals surface area contributed by atoms with Crippen molar-refractivity contribution in [3.63, 3.8) is 0 Å². The molecule has 2 rings (SSSR count). The second-order valence-corrected chi connectivity index (χ2v) is 7.02. The molecule has 0 aliphatic carbocycles. The molecule has 0 saturated carbocycles. The molecule has 1 aromatic carbocycles. The summed E-state index contributed by atoms with van der Waals surface area (Å²) in [4.78, 5) is 13.2. The van der Waals surface area contributed by atoms with E-state index in [0.717, 1.165) is 38.0 Å². The molecule has 6 heteroatoms. The van der Waals surface area contributed by atoms with Crippen LogP contribution in [0.2, 0.25) is 5.02 Å². The van der Waals surface area contributed by atoms with Crippen molar-refractivity contribution in [3.05, 3.63) is 28.8 Å². The van der Waals surface area contributed by atoms with Crippen LogP contribution in [0, 0.1) is 5.41 Å². The fraction of sp³-hybridized carbons (Fsp3) is 0.588. The molecule has 5 nitrogen and oxygen atoms in total. The van der Waals surface area contributed by atoms with Gasteiger partial charge in [-0.05, 0) is 56.0 Å². The Kier molecular flexibility index (Phi) is 5.89. The fourth-order valence-electron chi connectivity index (χ4n) is 2.65. The number of hydrogen-bond donors (Lipinski definition) is 2. The number of aliphatic hydroxyl groups is 1. The van der Waals surface area contributed by atoms with Gasteiger partial charge in [0.2, 0.25) is 0 Å². The Labute approximate surface area is 141 Å². The molecular weight excluding hydrogens is 318 g/mol. The van der Waals surface area contributed by atoms with Crippen molar-refractivity contribution < 1.29 is 19.7 Å². The molecule has 1 atom stereocenters. The zero-order chi connectivity index (χ0) is 17.0. The van der Waals surface area contributed by atoms with Crippen molar-refractivity contribution in [3.8, 4) is 5.75 Å². The summed E-state index contributed by atoms with van der Waals surface area (Å²) in [6.45, 7) is 6.51. The van der Waals surface area contributed by atoms with Crippen LogP contribution in [0.5, 0.6) is 5.75 Å². The number of halogens is 1. The highest BCUT2D eigenvalue weighted by Gasteiger charge is 2.29. The molecule has 1 fully saturated rings. The van der Waals surface area contributed by atoms with Crippen molar-refractivity contribution in [1.82, 2.24) is 4.90 Å². The molecule has 23 heavy (non-hydrogen) atoms. The lowest BCUT2D eigenvalue weighted by molar-refractivity contribution is -0.144. The number of nitrogens with zero attached hydrogens (tertiary/aromatic N) is 1. The van der Waals surface area contributed by atoms with Gasteiger partial charge in [-0.3, -0.25) is 4.90 Å². The largest absolute Gasteiger partial charge is 0.479 e. The second-order valence-electron chi connectivity index (χ2n) is 6.61. The Morgan fingerprint density at radius 3 is 2.61 bits per heavy atom. The van der Waals surface area contributed by atoms with Gasteiger partial charge in [-0.25, -0.2) is 4.79 Å². The third-order valence-electron chi connectivity index (χ3n) is 4.50. The van der Waals surface area contributed by atoms with E-state index in [2.05, 4.69) is 11.8 Å². The summed E-state index contributed by atoms with van der Waals surface area (Å²) in [6.07, 6.45) is 1.03. The smallest absolute Gasteiger partial charge is 0.344 e. The topological polar surface area (TPSA) is 70.0 Å². The minimum atomic E-state index is -1.02. The second kappa shape index (κ2) is 7.51. The van der Waals surface area contributed by atoms with Crippen LogP contribution in [-0.2, 0) is 11.3 Å². The molecular formula is C17H24ClNO4. The lowest BCUT2D eigenvalue weighted by Gasteiger charge is -2.38. The normalized spacial score (nSPS) is 19.3. The van der Waals surface area contributed by atoms with E-state index >= 15 is 0 Å². The number of piperidine rings is 1. The first-order valence-electron chi connectivity index (χ1n) is 7.84. The van der Waals surface area contributed by atoms with Gasteiger partial charge in [-0.2, -0.15) is 0 Å². The van der Waals surface area contributed by atoms with E-state index in [1.54, 1.807) is 6.07 Å². The van der Waals surface area contributed by atoms with E-state index < -0.39 is 12.1 Å². The van der Waals surface area contributed by atoms with Gasteiger partial charge in [-0.1, -0.05) is 24.6 Å². The standard InChI is InChI=1S/C17H24ClNO4/c1-12(16(21)22)23-15-4-3-13(9-14(15)18)10-19-7-5-17(2,11-20)6-8-19/h3-4,9,12,20H,5-8,10-11H2,1-2H3,(H,21,22). The summed E-state index contributed by atoms with van der Waals surface area (Å²) in [5.41, 5.74) is 1.11. The number of aliphatic carboxylic acids is 1. The van der Waals surface area contributed by atoms with Crippen LogP contribution >= 0.6 is 11.6 Å². The van der Waals surface area contributed by atoms with Crippen molar-refractivity contribution in [1.29, 1.82) is 0 Å². The maximum Gasteiger partial charge on any atom is 0.344 e. The summed E-state index contributed by atoms with van der Waals surface area (Å²) in [6, 6.07) is 5.46. The third-order valence-corrected chi connectivity index (χ3v) is 4.79. The molecule has 128 valence electrons. The zero-order valence-corrected chi connectivity index (χ0v) is 14.3. The molecule has 1 unspecified atom stereocenters. The minimum Gasteiger partial charge on any atom is -0.479 e. The summed E-state index contributed by atoms with van der Waals surface area (Å²) < 4.78 is 5.32. The van der Waals surface area contributed by atoms with Gasteiger partial charge < -0.3 is 14.9 Å². The van der Waals surface area contributed by atoms with E-state index in [4.69, 9.17) is 21.4 Å². The van der Waals surface area contributed by atoms with Gasteiger partial charge in [0.15, 0.2) is 6.10 Å². The molecule has 0 spiro atoms. The van der Waals surface area contributed by atoms with E-state index in [1.807, 2.05) is 12.1 Å². The quantitative estimate of drug-likeness (QED) is 0.832. The number of carbonyl (C=O) groups is 1. The Hall–Kier alpha value is -1.30. The maximum absolute atomic E-state index is 10.8.